The quantitative estimate of drug-likeness (QED) is 0.234. The first-order valence-electron chi connectivity index (χ1n) is 11.3. The molecule has 0 atom stereocenters. The number of amidine groups is 1. The Morgan fingerprint density at radius 2 is 1.77 bits per heavy atom. The average molecular weight is 405 g/mol. The smallest absolute Gasteiger partial charge is 0.104 e. The fraction of sp³-hybridized carbons (Fsp3) is 0.464. The summed E-state index contributed by atoms with van der Waals surface area (Å²) in [7, 11) is 1.94. The Balaban J connectivity index is 2.57. The third-order valence-electron chi connectivity index (χ3n) is 6.39. The number of aliphatic imine (C=N–C) groups is 1. The molecule has 0 aliphatic heterocycles. The van der Waals surface area contributed by atoms with Gasteiger partial charge in [0.15, 0.2) is 0 Å². The zero-order valence-corrected chi connectivity index (χ0v) is 19.9. The van der Waals surface area contributed by atoms with E-state index >= 15 is 0 Å². The summed E-state index contributed by atoms with van der Waals surface area (Å²) in [4.78, 5) is 7.24. The van der Waals surface area contributed by atoms with E-state index in [0.717, 1.165) is 47.6 Å². The third kappa shape index (κ3) is 5.03. The van der Waals surface area contributed by atoms with E-state index in [1.807, 2.05) is 13.1 Å². The molecule has 0 radical (unpaired) electrons. The summed E-state index contributed by atoms with van der Waals surface area (Å²) < 4.78 is 0. The molecule has 1 fully saturated rings. The summed E-state index contributed by atoms with van der Waals surface area (Å²) in [5, 5.41) is 0. The van der Waals surface area contributed by atoms with Crippen molar-refractivity contribution in [2.45, 2.75) is 71.6 Å². The van der Waals surface area contributed by atoms with Crippen molar-refractivity contribution >= 4 is 11.4 Å². The molecule has 1 aromatic carbocycles. The van der Waals surface area contributed by atoms with Crippen molar-refractivity contribution in [2.24, 2.45) is 4.99 Å². The molecule has 1 aromatic rings. The Morgan fingerprint density at radius 3 is 2.27 bits per heavy atom. The summed E-state index contributed by atoms with van der Waals surface area (Å²) in [6.07, 6.45) is 8.85. The Morgan fingerprint density at radius 1 is 1.13 bits per heavy atom. The second kappa shape index (κ2) is 10.6. The van der Waals surface area contributed by atoms with Crippen molar-refractivity contribution in [2.75, 3.05) is 13.6 Å². The van der Waals surface area contributed by atoms with Crippen LogP contribution in [0.3, 0.4) is 0 Å². The summed E-state index contributed by atoms with van der Waals surface area (Å²) in [5.41, 5.74) is 7.36. The van der Waals surface area contributed by atoms with Gasteiger partial charge in [0.2, 0.25) is 0 Å². The highest BCUT2D eigenvalue weighted by atomic mass is 15.2. The lowest BCUT2D eigenvalue weighted by atomic mass is 9.72. The van der Waals surface area contributed by atoms with Crippen LogP contribution in [0.25, 0.3) is 5.57 Å². The number of nitrogens with zero attached hydrogens (tertiary/aromatic N) is 2. The van der Waals surface area contributed by atoms with Crippen LogP contribution in [-0.2, 0) is 5.41 Å². The number of benzene rings is 1. The van der Waals surface area contributed by atoms with Gasteiger partial charge in [0.25, 0.3) is 0 Å². The topological polar surface area (TPSA) is 15.6 Å². The molecule has 0 amide bonds. The normalized spacial score (nSPS) is 16.8. The lowest BCUT2D eigenvalue weighted by Gasteiger charge is -2.37. The van der Waals surface area contributed by atoms with E-state index in [-0.39, 0.29) is 5.41 Å². The summed E-state index contributed by atoms with van der Waals surface area (Å²) >= 11 is 0. The zero-order chi connectivity index (χ0) is 22.3. The van der Waals surface area contributed by atoms with Gasteiger partial charge >= 0.3 is 0 Å². The lowest BCUT2D eigenvalue weighted by Crippen LogP contribution is -2.38. The van der Waals surface area contributed by atoms with Crippen LogP contribution in [0.5, 0.6) is 0 Å². The molecule has 1 saturated carbocycles. The monoisotopic (exact) mass is 404 g/mol. The molecule has 0 bridgehead atoms. The second-order valence-corrected chi connectivity index (χ2v) is 8.80. The van der Waals surface area contributed by atoms with E-state index in [4.69, 9.17) is 4.99 Å². The molecule has 162 valence electrons. The van der Waals surface area contributed by atoms with Crippen LogP contribution in [0.15, 0.2) is 71.9 Å². The molecular formula is C28H40N2. The van der Waals surface area contributed by atoms with Crippen LogP contribution in [0.2, 0.25) is 0 Å². The predicted molar refractivity (Wildman–Crippen MR) is 134 cm³/mol. The van der Waals surface area contributed by atoms with Crippen LogP contribution in [0.4, 0.5) is 0 Å². The molecule has 1 aliphatic rings. The Labute approximate surface area is 184 Å². The molecule has 1 aliphatic carbocycles. The highest BCUT2D eigenvalue weighted by Gasteiger charge is 2.39. The van der Waals surface area contributed by atoms with Gasteiger partial charge in [-0.1, -0.05) is 75.4 Å². The van der Waals surface area contributed by atoms with Gasteiger partial charge in [-0.15, -0.1) is 0 Å². The largest absolute Gasteiger partial charge is 0.330 e. The molecule has 0 saturated heterocycles. The third-order valence-corrected chi connectivity index (χ3v) is 6.39. The minimum atomic E-state index is 0.110. The van der Waals surface area contributed by atoms with Crippen molar-refractivity contribution < 1.29 is 0 Å². The van der Waals surface area contributed by atoms with E-state index in [0.29, 0.717) is 0 Å². The van der Waals surface area contributed by atoms with E-state index in [1.54, 1.807) is 0 Å². The first-order valence-corrected chi connectivity index (χ1v) is 11.3. The minimum absolute atomic E-state index is 0.110. The van der Waals surface area contributed by atoms with Crippen LogP contribution in [0, 0.1) is 0 Å². The molecule has 2 nitrogen and oxygen atoms in total. The molecule has 30 heavy (non-hydrogen) atoms. The van der Waals surface area contributed by atoms with Crippen molar-refractivity contribution in [3.05, 3.63) is 78.0 Å². The van der Waals surface area contributed by atoms with E-state index in [2.05, 4.69) is 76.6 Å². The molecule has 0 heterocycles. The van der Waals surface area contributed by atoms with E-state index in [9.17, 15) is 0 Å². The molecule has 0 aromatic heterocycles. The molecule has 2 rings (SSSR count). The number of allylic oxidation sites excluding steroid dienone is 4. The molecule has 0 N–H and O–H groups in total. The maximum atomic E-state index is 4.85. The van der Waals surface area contributed by atoms with Gasteiger partial charge < -0.3 is 4.90 Å². The van der Waals surface area contributed by atoms with Gasteiger partial charge in [-0.25, -0.2) is 0 Å². The van der Waals surface area contributed by atoms with Gasteiger partial charge in [0, 0.05) is 31.1 Å². The molecule has 0 spiro atoms. The lowest BCUT2D eigenvalue weighted by molar-refractivity contribution is 0.419. The fourth-order valence-corrected chi connectivity index (χ4v) is 4.98. The first-order chi connectivity index (χ1) is 14.3. The summed E-state index contributed by atoms with van der Waals surface area (Å²) in [5.74, 6) is 1.15. The van der Waals surface area contributed by atoms with Crippen LogP contribution >= 0.6 is 0 Å². The van der Waals surface area contributed by atoms with E-state index in [1.165, 1.54) is 36.8 Å². The van der Waals surface area contributed by atoms with Crippen molar-refractivity contribution in [1.82, 2.24) is 4.90 Å². The van der Waals surface area contributed by atoms with E-state index < -0.39 is 0 Å². The molecule has 2 heteroatoms. The standard InChI is InChI=1S/C28H40N2/c1-9-19-30(27(22(5)6)23(7)10-2)26(29-8)20-28(17-13-14-18-28)25-16-12-11-15-24(25)21(3)4/h10-12,15-16H,2-3,5,9,13-14,17-20H2,1,4,6-8H3/b27-23-,29-26?. The Hall–Kier alpha value is -2.35. The first kappa shape index (κ1) is 23.9. The van der Waals surface area contributed by atoms with Gasteiger partial charge in [0.1, 0.15) is 5.84 Å². The minimum Gasteiger partial charge on any atom is -0.330 e. The van der Waals surface area contributed by atoms with Crippen molar-refractivity contribution in [3.8, 4) is 0 Å². The maximum absolute atomic E-state index is 4.85. The van der Waals surface area contributed by atoms with Crippen molar-refractivity contribution in [1.29, 1.82) is 0 Å². The van der Waals surface area contributed by atoms with Crippen molar-refractivity contribution in [3.63, 3.8) is 0 Å². The number of hydrogen-bond donors (Lipinski definition) is 0. The Bertz CT molecular complexity index is 847. The Kier molecular flexibility index (Phi) is 8.46. The fourth-order valence-electron chi connectivity index (χ4n) is 4.98. The highest BCUT2D eigenvalue weighted by molar-refractivity contribution is 5.86. The van der Waals surface area contributed by atoms with Crippen LogP contribution in [0.1, 0.15) is 77.3 Å². The number of rotatable bonds is 9. The molecule has 0 unspecified atom stereocenters. The van der Waals surface area contributed by atoms with Gasteiger partial charge in [-0.3, -0.25) is 4.99 Å². The second-order valence-electron chi connectivity index (χ2n) is 8.80. The SMILES string of the molecule is C=C/C(C)=C(/C(=C)C)N(CCC)C(CC1(c2ccccc2C(=C)C)CCCC1)=NC. The average Bonchev–Trinajstić information content (AvgIpc) is 3.21. The van der Waals surface area contributed by atoms with Gasteiger partial charge in [-0.05, 0) is 62.3 Å². The van der Waals surface area contributed by atoms with Gasteiger partial charge in [-0.2, -0.15) is 0 Å². The number of hydrogen-bond acceptors (Lipinski definition) is 1. The van der Waals surface area contributed by atoms with Gasteiger partial charge in [0.05, 0.1) is 0 Å². The van der Waals surface area contributed by atoms with Crippen LogP contribution < -0.4 is 0 Å². The summed E-state index contributed by atoms with van der Waals surface area (Å²) in [6.45, 7) is 22.0. The highest BCUT2D eigenvalue weighted by Crippen LogP contribution is 2.47. The maximum Gasteiger partial charge on any atom is 0.104 e. The summed E-state index contributed by atoms with van der Waals surface area (Å²) in [6, 6.07) is 8.85. The zero-order valence-electron chi connectivity index (χ0n) is 19.9. The molecular weight excluding hydrogens is 364 g/mol. The van der Waals surface area contributed by atoms with Crippen LogP contribution in [-0.4, -0.2) is 24.3 Å². The predicted octanol–water partition coefficient (Wildman–Crippen LogP) is 7.70.